The van der Waals surface area contributed by atoms with Gasteiger partial charge in [-0.2, -0.15) is 0 Å². The summed E-state index contributed by atoms with van der Waals surface area (Å²) in [6.07, 6.45) is 2.11. The summed E-state index contributed by atoms with van der Waals surface area (Å²) in [5.41, 5.74) is 1.52. The maximum atomic E-state index is 12.5. The molecular weight excluding hydrogens is 250 g/mol. The molecule has 2 aromatic rings. The monoisotopic (exact) mass is 269 g/mol. The van der Waals surface area contributed by atoms with Crippen molar-refractivity contribution in [1.29, 1.82) is 0 Å². The summed E-state index contributed by atoms with van der Waals surface area (Å²) in [5, 5.41) is 7.19. The lowest BCUT2D eigenvalue weighted by Crippen LogP contribution is -2.34. The van der Waals surface area contributed by atoms with E-state index in [1.54, 1.807) is 0 Å². The van der Waals surface area contributed by atoms with Crippen LogP contribution in [0, 0.1) is 0 Å². The van der Waals surface area contributed by atoms with E-state index in [2.05, 4.69) is 22.5 Å². The standard InChI is InChI=1S/C16H19N3O/c1-3-17-14-10-12(15(20)19-16(2)8-9-16)11-6-4-5-7-13(11)18-14/h4-7,10H,3,8-9H2,1-2H3,(H,17,18)(H,19,20). The highest BCUT2D eigenvalue weighted by molar-refractivity contribution is 6.07. The van der Waals surface area contributed by atoms with E-state index in [1.165, 1.54) is 0 Å². The number of para-hydroxylation sites is 1. The molecule has 20 heavy (non-hydrogen) atoms. The van der Waals surface area contributed by atoms with E-state index < -0.39 is 0 Å². The van der Waals surface area contributed by atoms with Crippen LogP contribution in [0.15, 0.2) is 30.3 Å². The number of carbonyl (C=O) groups excluding carboxylic acids is 1. The second-order valence-electron chi connectivity index (χ2n) is 5.62. The van der Waals surface area contributed by atoms with Crippen LogP contribution in [-0.2, 0) is 0 Å². The summed E-state index contributed by atoms with van der Waals surface area (Å²) in [5.74, 6) is 0.736. The molecule has 1 aliphatic rings. The number of carbonyl (C=O) groups is 1. The van der Waals surface area contributed by atoms with Gasteiger partial charge in [-0.05, 0) is 38.8 Å². The van der Waals surface area contributed by atoms with Crippen LogP contribution in [0.5, 0.6) is 0 Å². The van der Waals surface area contributed by atoms with E-state index in [1.807, 2.05) is 37.3 Å². The van der Waals surface area contributed by atoms with Gasteiger partial charge in [0, 0.05) is 17.5 Å². The number of pyridine rings is 1. The van der Waals surface area contributed by atoms with Gasteiger partial charge in [0.25, 0.3) is 5.91 Å². The number of fused-ring (bicyclic) bond motifs is 1. The minimum atomic E-state index is -0.0141. The molecule has 0 unspecified atom stereocenters. The first-order valence-electron chi connectivity index (χ1n) is 7.07. The molecule has 1 amide bonds. The molecule has 0 bridgehead atoms. The van der Waals surface area contributed by atoms with Gasteiger partial charge in [0.15, 0.2) is 0 Å². The number of nitrogens with one attached hydrogen (secondary N) is 2. The van der Waals surface area contributed by atoms with E-state index in [0.717, 1.165) is 36.1 Å². The zero-order valence-corrected chi connectivity index (χ0v) is 11.9. The average Bonchev–Trinajstić information content (AvgIpc) is 3.15. The Balaban J connectivity index is 2.04. The molecule has 104 valence electrons. The topological polar surface area (TPSA) is 54.0 Å². The predicted octanol–water partition coefficient (Wildman–Crippen LogP) is 2.95. The Hall–Kier alpha value is -2.10. The smallest absolute Gasteiger partial charge is 0.252 e. The highest BCUT2D eigenvalue weighted by Gasteiger charge is 2.39. The Kier molecular flexibility index (Phi) is 3.08. The van der Waals surface area contributed by atoms with Crippen molar-refractivity contribution >= 4 is 22.6 Å². The third-order valence-corrected chi connectivity index (χ3v) is 3.73. The molecule has 4 nitrogen and oxygen atoms in total. The minimum Gasteiger partial charge on any atom is -0.370 e. The van der Waals surface area contributed by atoms with Crippen molar-refractivity contribution in [1.82, 2.24) is 10.3 Å². The van der Waals surface area contributed by atoms with Crippen molar-refractivity contribution in [2.45, 2.75) is 32.2 Å². The summed E-state index contributed by atoms with van der Waals surface area (Å²) in [6.45, 7) is 4.88. The maximum absolute atomic E-state index is 12.5. The molecule has 1 aromatic carbocycles. The average molecular weight is 269 g/mol. The molecule has 0 atom stereocenters. The van der Waals surface area contributed by atoms with Gasteiger partial charge in [-0.15, -0.1) is 0 Å². The van der Waals surface area contributed by atoms with Crippen LogP contribution >= 0.6 is 0 Å². The summed E-state index contributed by atoms with van der Waals surface area (Å²) >= 11 is 0. The highest BCUT2D eigenvalue weighted by atomic mass is 16.1. The van der Waals surface area contributed by atoms with Crippen LogP contribution in [0.25, 0.3) is 10.9 Å². The van der Waals surface area contributed by atoms with Crippen molar-refractivity contribution in [2.75, 3.05) is 11.9 Å². The number of benzene rings is 1. The molecule has 4 heteroatoms. The van der Waals surface area contributed by atoms with E-state index in [-0.39, 0.29) is 11.4 Å². The number of anilines is 1. The van der Waals surface area contributed by atoms with Gasteiger partial charge in [-0.3, -0.25) is 4.79 Å². The molecule has 0 radical (unpaired) electrons. The number of hydrogen-bond acceptors (Lipinski definition) is 3. The fourth-order valence-corrected chi connectivity index (χ4v) is 2.29. The second-order valence-corrected chi connectivity index (χ2v) is 5.62. The van der Waals surface area contributed by atoms with Gasteiger partial charge in [0.05, 0.1) is 11.1 Å². The van der Waals surface area contributed by atoms with Crippen molar-refractivity contribution in [3.8, 4) is 0 Å². The SMILES string of the molecule is CCNc1cc(C(=O)NC2(C)CC2)c2ccccc2n1. The first-order valence-corrected chi connectivity index (χ1v) is 7.07. The Morgan fingerprint density at radius 1 is 1.35 bits per heavy atom. The van der Waals surface area contributed by atoms with Crippen LogP contribution in [0.1, 0.15) is 37.0 Å². The quantitative estimate of drug-likeness (QED) is 0.897. The first kappa shape index (κ1) is 12.9. The van der Waals surface area contributed by atoms with Gasteiger partial charge in [-0.1, -0.05) is 18.2 Å². The molecular formula is C16H19N3O. The lowest BCUT2D eigenvalue weighted by Gasteiger charge is -2.14. The van der Waals surface area contributed by atoms with Crippen LogP contribution in [-0.4, -0.2) is 23.0 Å². The van der Waals surface area contributed by atoms with Gasteiger partial charge in [-0.25, -0.2) is 4.98 Å². The van der Waals surface area contributed by atoms with Crippen molar-refractivity contribution in [2.24, 2.45) is 0 Å². The van der Waals surface area contributed by atoms with Crippen LogP contribution in [0.3, 0.4) is 0 Å². The van der Waals surface area contributed by atoms with Crippen molar-refractivity contribution < 1.29 is 4.79 Å². The fraction of sp³-hybridized carbons (Fsp3) is 0.375. The highest BCUT2D eigenvalue weighted by Crippen LogP contribution is 2.35. The van der Waals surface area contributed by atoms with Crippen LogP contribution in [0.2, 0.25) is 0 Å². The van der Waals surface area contributed by atoms with E-state index >= 15 is 0 Å². The summed E-state index contributed by atoms with van der Waals surface area (Å²) in [7, 11) is 0. The predicted molar refractivity (Wildman–Crippen MR) is 81.0 cm³/mol. The zero-order chi connectivity index (χ0) is 14.2. The zero-order valence-electron chi connectivity index (χ0n) is 11.9. The largest absolute Gasteiger partial charge is 0.370 e. The van der Waals surface area contributed by atoms with Crippen molar-refractivity contribution in [3.63, 3.8) is 0 Å². The van der Waals surface area contributed by atoms with E-state index in [9.17, 15) is 4.79 Å². The molecule has 1 aromatic heterocycles. The molecule has 0 saturated heterocycles. The molecule has 3 rings (SSSR count). The second kappa shape index (κ2) is 4.78. The fourth-order valence-electron chi connectivity index (χ4n) is 2.29. The first-order chi connectivity index (χ1) is 9.61. The van der Waals surface area contributed by atoms with Crippen molar-refractivity contribution in [3.05, 3.63) is 35.9 Å². The van der Waals surface area contributed by atoms with E-state index in [0.29, 0.717) is 5.56 Å². The molecule has 0 spiro atoms. The van der Waals surface area contributed by atoms with Crippen LogP contribution in [0.4, 0.5) is 5.82 Å². The molecule has 1 fully saturated rings. The third-order valence-electron chi connectivity index (χ3n) is 3.73. The van der Waals surface area contributed by atoms with Gasteiger partial charge in [0.2, 0.25) is 0 Å². The Morgan fingerprint density at radius 2 is 2.10 bits per heavy atom. The van der Waals surface area contributed by atoms with Crippen LogP contribution < -0.4 is 10.6 Å². The molecule has 1 heterocycles. The van der Waals surface area contributed by atoms with E-state index in [4.69, 9.17) is 0 Å². The number of nitrogens with zero attached hydrogens (tertiary/aromatic N) is 1. The minimum absolute atomic E-state index is 0.0113. The number of hydrogen-bond donors (Lipinski definition) is 2. The third kappa shape index (κ3) is 2.46. The summed E-state index contributed by atoms with van der Waals surface area (Å²) < 4.78 is 0. The number of amides is 1. The van der Waals surface area contributed by atoms with Gasteiger partial charge >= 0.3 is 0 Å². The Labute approximate surface area is 118 Å². The maximum Gasteiger partial charge on any atom is 0.252 e. The summed E-state index contributed by atoms with van der Waals surface area (Å²) in [6, 6.07) is 9.60. The normalized spacial score (nSPS) is 15.9. The van der Waals surface area contributed by atoms with Gasteiger partial charge in [0.1, 0.15) is 5.82 Å². The lowest BCUT2D eigenvalue weighted by atomic mass is 10.1. The summed E-state index contributed by atoms with van der Waals surface area (Å²) in [4.78, 5) is 17.0. The molecule has 0 aliphatic heterocycles. The number of aromatic nitrogens is 1. The van der Waals surface area contributed by atoms with Gasteiger partial charge < -0.3 is 10.6 Å². The Bertz CT molecular complexity index is 662. The lowest BCUT2D eigenvalue weighted by molar-refractivity contribution is 0.0937. The Morgan fingerprint density at radius 3 is 2.80 bits per heavy atom. The molecule has 1 saturated carbocycles. The molecule has 2 N–H and O–H groups in total. The number of rotatable bonds is 4. The molecule has 1 aliphatic carbocycles.